The van der Waals surface area contributed by atoms with Crippen molar-refractivity contribution >= 4 is 33.3 Å². The number of nitrogens with one attached hydrogen (secondary N) is 1. The van der Waals surface area contributed by atoms with Gasteiger partial charge in [0.2, 0.25) is 0 Å². The second-order valence-corrected chi connectivity index (χ2v) is 9.69. The molecule has 146 valence electrons. The van der Waals surface area contributed by atoms with Gasteiger partial charge in [0.25, 0.3) is 0 Å². The largest absolute Gasteiger partial charge is 0.370 e. The molecule has 6 nitrogen and oxygen atoms in total. The van der Waals surface area contributed by atoms with Crippen LogP contribution in [0.5, 0.6) is 0 Å². The summed E-state index contributed by atoms with van der Waals surface area (Å²) in [6, 6.07) is 1.85. The summed E-state index contributed by atoms with van der Waals surface area (Å²) < 4.78 is 5.50. The quantitative estimate of drug-likeness (QED) is 0.521. The third-order valence-corrected chi connectivity index (χ3v) is 7.54. The summed E-state index contributed by atoms with van der Waals surface area (Å²) in [6.45, 7) is 6.87. The molecule has 1 aliphatic heterocycles. The zero-order valence-electron chi connectivity index (χ0n) is 16.0. The van der Waals surface area contributed by atoms with Gasteiger partial charge < -0.3 is 9.64 Å². The topological polar surface area (TPSA) is 65.2 Å². The SMILES string of the molecule is C[C@@H]1CCc2c(sc3nc(C[NH+]4CCOCC4)nc(Sc4ncccn4)c23)C1. The van der Waals surface area contributed by atoms with E-state index in [-0.39, 0.29) is 0 Å². The van der Waals surface area contributed by atoms with E-state index >= 15 is 0 Å². The predicted molar refractivity (Wildman–Crippen MR) is 110 cm³/mol. The molecule has 0 radical (unpaired) electrons. The Bertz CT molecular complexity index is 972. The Morgan fingerprint density at radius 2 is 2.04 bits per heavy atom. The van der Waals surface area contributed by atoms with Crippen LogP contribution in [0.15, 0.2) is 28.6 Å². The van der Waals surface area contributed by atoms with Crippen molar-refractivity contribution in [3.05, 3.63) is 34.7 Å². The number of hydrogen-bond acceptors (Lipinski definition) is 7. The van der Waals surface area contributed by atoms with Crippen molar-refractivity contribution in [2.24, 2.45) is 5.92 Å². The fourth-order valence-electron chi connectivity index (χ4n) is 3.99. The van der Waals surface area contributed by atoms with Gasteiger partial charge in [-0.3, -0.25) is 0 Å². The molecule has 1 atom stereocenters. The van der Waals surface area contributed by atoms with Crippen molar-refractivity contribution < 1.29 is 9.64 Å². The lowest BCUT2D eigenvalue weighted by Crippen LogP contribution is -3.12. The number of quaternary nitrogens is 1. The van der Waals surface area contributed by atoms with Crippen LogP contribution in [0.2, 0.25) is 0 Å². The van der Waals surface area contributed by atoms with Gasteiger partial charge >= 0.3 is 0 Å². The van der Waals surface area contributed by atoms with E-state index in [4.69, 9.17) is 14.7 Å². The molecule has 5 rings (SSSR count). The van der Waals surface area contributed by atoms with E-state index in [0.29, 0.717) is 0 Å². The molecule has 0 amide bonds. The first kappa shape index (κ1) is 18.4. The van der Waals surface area contributed by atoms with Gasteiger partial charge in [-0.1, -0.05) is 6.92 Å². The molecule has 4 heterocycles. The second-order valence-electron chi connectivity index (χ2n) is 7.65. The minimum atomic E-state index is 0.747. The number of fused-ring (bicyclic) bond motifs is 3. The molecule has 1 fully saturated rings. The average Bonchev–Trinajstić information content (AvgIpc) is 3.07. The number of aryl methyl sites for hydroxylation is 1. The maximum atomic E-state index is 5.50. The van der Waals surface area contributed by atoms with Crippen LogP contribution < -0.4 is 4.90 Å². The highest BCUT2D eigenvalue weighted by Crippen LogP contribution is 2.41. The summed E-state index contributed by atoms with van der Waals surface area (Å²) in [5.41, 5.74) is 1.46. The highest BCUT2D eigenvalue weighted by atomic mass is 32.2. The van der Waals surface area contributed by atoms with E-state index in [2.05, 4.69) is 16.9 Å². The molecule has 1 saturated heterocycles. The van der Waals surface area contributed by atoms with Crippen LogP contribution in [0.1, 0.15) is 29.6 Å². The fourth-order valence-corrected chi connectivity index (χ4v) is 6.33. The third-order valence-electron chi connectivity index (χ3n) is 5.51. The zero-order valence-corrected chi connectivity index (χ0v) is 17.6. The highest BCUT2D eigenvalue weighted by Gasteiger charge is 2.25. The standard InChI is InChI=1S/C20H23N5OS2/c1-13-3-4-14-15(11-13)27-18-17(14)19(28-20-21-5-2-6-22-20)24-16(23-18)12-25-7-9-26-10-8-25/h2,5-6,13H,3-4,7-12H2,1H3/p+1/t13-/m1/s1. The Hall–Kier alpha value is -1.61. The van der Waals surface area contributed by atoms with Gasteiger partial charge in [0, 0.05) is 22.7 Å². The number of aromatic nitrogens is 4. The van der Waals surface area contributed by atoms with Crippen LogP contribution in [-0.4, -0.2) is 46.2 Å². The summed E-state index contributed by atoms with van der Waals surface area (Å²) in [4.78, 5) is 22.9. The van der Waals surface area contributed by atoms with Gasteiger partial charge in [-0.25, -0.2) is 19.9 Å². The molecule has 3 aromatic rings. The van der Waals surface area contributed by atoms with Crippen molar-refractivity contribution in [1.29, 1.82) is 0 Å². The first-order chi connectivity index (χ1) is 13.8. The Labute approximate surface area is 172 Å². The molecular formula is C20H24N5OS2+. The van der Waals surface area contributed by atoms with Gasteiger partial charge in [-0.05, 0) is 48.6 Å². The molecule has 0 unspecified atom stereocenters. The molecule has 0 aromatic carbocycles. The molecule has 3 aromatic heterocycles. The highest BCUT2D eigenvalue weighted by molar-refractivity contribution is 7.99. The number of rotatable bonds is 4. The van der Waals surface area contributed by atoms with Crippen LogP contribution in [0, 0.1) is 5.92 Å². The average molecular weight is 415 g/mol. The van der Waals surface area contributed by atoms with E-state index in [9.17, 15) is 0 Å². The first-order valence-electron chi connectivity index (χ1n) is 9.93. The summed E-state index contributed by atoms with van der Waals surface area (Å²) in [5, 5.41) is 3.01. The number of hydrogen-bond donors (Lipinski definition) is 1. The van der Waals surface area contributed by atoms with Crippen molar-refractivity contribution in [1.82, 2.24) is 19.9 Å². The number of nitrogens with zero attached hydrogens (tertiary/aromatic N) is 4. The first-order valence-corrected chi connectivity index (χ1v) is 11.6. The molecule has 1 aliphatic carbocycles. The third kappa shape index (κ3) is 3.78. The van der Waals surface area contributed by atoms with Gasteiger partial charge in [-0.2, -0.15) is 0 Å². The molecule has 0 saturated carbocycles. The maximum Gasteiger partial charge on any atom is 0.193 e. The molecule has 8 heteroatoms. The summed E-state index contributed by atoms with van der Waals surface area (Å²) >= 11 is 3.44. The van der Waals surface area contributed by atoms with Crippen LogP contribution in [0.4, 0.5) is 0 Å². The minimum absolute atomic E-state index is 0.747. The van der Waals surface area contributed by atoms with E-state index < -0.39 is 0 Å². The normalized spacial score (nSPS) is 20.4. The fraction of sp³-hybridized carbons (Fsp3) is 0.500. The van der Waals surface area contributed by atoms with E-state index in [1.165, 1.54) is 27.1 Å². The van der Waals surface area contributed by atoms with Crippen LogP contribution in [-0.2, 0) is 24.1 Å². The van der Waals surface area contributed by atoms with Gasteiger partial charge in [0.15, 0.2) is 11.0 Å². The van der Waals surface area contributed by atoms with Gasteiger partial charge in [0.05, 0.1) is 13.2 Å². The lowest BCUT2D eigenvalue weighted by molar-refractivity contribution is -0.922. The Kier molecular flexibility index (Phi) is 5.28. The Morgan fingerprint density at radius 3 is 2.86 bits per heavy atom. The minimum Gasteiger partial charge on any atom is -0.370 e. The van der Waals surface area contributed by atoms with Crippen molar-refractivity contribution in [2.45, 2.75) is 42.9 Å². The van der Waals surface area contributed by atoms with Crippen LogP contribution >= 0.6 is 23.1 Å². The van der Waals surface area contributed by atoms with E-state index in [1.807, 2.05) is 17.4 Å². The van der Waals surface area contributed by atoms with Crippen LogP contribution in [0.25, 0.3) is 10.2 Å². The van der Waals surface area contributed by atoms with Crippen molar-refractivity contribution in [3.8, 4) is 0 Å². The summed E-state index contributed by atoms with van der Waals surface area (Å²) in [5.74, 6) is 1.67. The molecule has 0 spiro atoms. The monoisotopic (exact) mass is 414 g/mol. The number of ether oxygens (including phenoxy) is 1. The Balaban J connectivity index is 1.56. The number of thiophene rings is 1. The predicted octanol–water partition coefficient (Wildman–Crippen LogP) is 2.17. The molecule has 2 aliphatic rings. The maximum absolute atomic E-state index is 5.50. The molecule has 28 heavy (non-hydrogen) atoms. The molecule has 1 N–H and O–H groups in total. The summed E-state index contributed by atoms with van der Waals surface area (Å²) in [6.07, 6.45) is 7.10. The smallest absolute Gasteiger partial charge is 0.193 e. The lowest BCUT2D eigenvalue weighted by atomic mass is 9.89. The summed E-state index contributed by atoms with van der Waals surface area (Å²) in [7, 11) is 0. The van der Waals surface area contributed by atoms with Crippen molar-refractivity contribution in [3.63, 3.8) is 0 Å². The number of morpholine rings is 1. The second kappa shape index (κ2) is 8.02. The van der Waals surface area contributed by atoms with Crippen LogP contribution in [0.3, 0.4) is 0 Å². The van der Waals surface area contributed by atoms with Gasteiger partial charge in [0.1, 0.15) is 29.5 Å². The Morgan fingerprint density at radius 1 is 1.21 bits per heavy atom. The van der Waals surface area contributed by atoms with Gasteiger partial charge in [-0.15, -0.1) is 11.3 Å². The lowest BCUT2D eigenvalue weighted by Gasteiger charge is -2.23. The zero-order chi connectivity index (χ0) is 18.9. The van der Waals surface area contributed by atoms with E-state index in [1.54, 1.807) is 24.2 Å². The van der Waals surface area contributed by atoms with Crippen molar-refractivity contribution in [2.75, 3.05) is 26.3 Å². The van der Waals surface area contributed by atoms with E-state index in [0.717, 1.165) is 72.4 Å². The molecule has 0 bridgehead atoms. The molecular weight excluding hydrogens is 390 g/mol.